The molecule has 2 aliphatic rings. The van der Waals surface area contributed by atoms with E-state index in [4.69, 9.17) is 0 Å². The Balaban J connectivity index is 0.000000809. The molecule has 6 N–H and O–H groups in total. The number of amides is 4. The molecule has 4 rings (SSSR count). The molecule has 2 aliphatic heterocycles. The van der Waals surface area contributed by atoms with Crippen LogP contribution in [0, 0.1) is 11.8 Å². The molecule has 14 nitrogen and oxygen atoms in total. The van der Waals surface area contributed by atoms with Crippen LogP contribution in [-0.2, 0) is 44.5 Å². The van der Waals surface area contributed by atoms with Gasteiger partial charge < -0.3 is 50.8 Å². The second-order valence-electron chi connectivity index (χ2n) is 15.6. The molecule has 62 heavy (non-hydrogen) atoms. The predicted molar refractivity (Wildman–Crippen MR) is 253 cm³/mol. The molecule has 0 radical (unpaired) electrons. The topological polar surface area (TPSA) is 177 Å². The zero-order valence-corrected chi connectivity index (χ0v) is 39.6. The van der Waals surface area contributed by atoms with Gasteiger partial charge in [0.25, 0.3) is 0 Å². The maximum absolute atomic E-state index is 11.0. The number of piperidine rings is 2. The van der Waals surface area contributed by atoms with Gasteiger partial charge in [-0.05, 0) is 118 Å². The summed E-state index contributed by atoms with van der Waals surface area (Å²) in [4.78, 5) is 42.9. The smallest absolute Gasteiger partial charge is 0.221 e. The molecule has 354 valence electrons. The molecular formula is C48H84N6O8. The van der Waals surface area contributed by atoms with Crippen molar-refractivity contribution in [1.29, 1.82) is 0 Å². The van der Waals surface area contributed by atoms with E-state index in [2.05, 4.69) is 50.8 Å². The van der Waals surface area contributed by atoms with Gasteiger partial charge in [-0.2, -0.15) is 0 Å². The highest BCUT2D eigenvalue weighted by Crippen LogP contribution is 2.24. The number of anilines is 2. The van der Waals surface area contributed by atoms with Gasteiger partial charge in [-0.15, -0.1) is 0 Å². The van der Waals surface area contributed by atoms with Crippen molar-refractivity contribution >= 4 is 35.0 Å². The number of carbonyl (C=O) groups is 4. The molecule has 2 fully saturated rings. The van der Waals surface area contributed by atoms with E-state index in [-0.39, 0.29) is 23.6 Å². The first kappa shape index (κ1) is 58.1. The average molecular weight is 873 g/mol. The predicted octanol–water partition coefficient (Wildman–Crippen LogP) is 6.73. The Morgan fingerprint density at radius 2 is 0.806 bits per heavy atom. The summed E-state index contributed by atoms with van der Waals surface area (Å²) in [5, 5.41) is 17.9. The van der Waals surface area contributed by atoms with Crippen LogP contribution in [0.3, 0.4) is 0 Å². The van der Waals surface area contributed by atoms with Gasteiger partial charge >= 0.3 is 0 Å². The van der Waals surface area contributed by atoms with Crippen LogP contribution in [-0.4, -0.2) is 118 Å². The van der Waals surface area contributed by atoms with E-state index in [1.807, 2.05) is 48.5 Å². The Bertz CT molecular complexity index is 1270. The van der Waals surface area contributed by atoms with E-state index < -0.39 is 0 Å². The van der Waals surface area contributed by atoms with Crippen LogP contribution in [0.5, 0.6) is 0 Å². The fourth-order valence-electron chi connectivity index (χ4n) is 6.56. The number of methoxy groups -OCH3 is 4. The quantitative estimate of drug-likeness (QED) is 0.0738. The minimum Gasteiger partial charge on any atom is -0.382 e. The number of hydrogen-bond donors (Lipinski definition) is 6. The van der Waals surface area contributed by atoms with E-state index in [1.165, 1.54) is 98.8 Å². The minimum absolute atomic E-state index is 0.0308. The van der Waals surface area contributed by atoms with Crippen LogP contribution >= 0.6 is 0 Å². The van der Waals surface area contributed by atoms with Gasteiger partial charge in [0.05, 0.1) is 26.4 Å². The van der Waals surface area contributed by atoms with E-state index in [0.717, 1.165) is 79.5 Å². The standard InChI is InChI=1S/C17H18N2O2.C13H26N2.C10H20N2O2.2C4H10O2/c1-12(20)18-16-7-3-14(4-8-16)11-15-5-9-17(10-6-15)19-13(2)21;1(2-12-4-8-14-9-5-12)3-13-6-10-15-11-7-13;1-9(13)11-7-5-3-4-6-8-12-10(2)14;2*1-5-3-4-6-2/h3-10H,11H2,1-2H3,(H,18,20)(H,19,21);12-15H,1-11H2;3-8H2,1-2H3,(H,11,13)(H,12,14);2*3-4H2,1-2H3. The van der Waals surface area contributed by atoms with Crippen molar-refractivity contribution < 1.29 is 38.1 Å². The molecule has 4 amide bonds. The molecule has 0 bridgehead atoms. The molecular weight excluding hydrogens is 789 g/mol. The Kier molecular flexibility index (Phi) is 38.5. The number of benzene rings is 2. The number of carbonyl (C=O) groups excluding carboxylic acids is 4. The molecule has 0 aliphatic carbocycles. The minimum atomic E-state index is -0.0729. The first-order valence-corrected chi connectivity index (χ1v) is 22.5. The van der Waals surface area contributed by atoms with Crippen molar-refractivity contribution in [2.45, 2.75) is 105 Å². The highest BCUT2D eigenvalue weighted by molar-refractivity contribution is 5.89. The van der Waals surface area contributed by atoms with Crippen molar-refractivity contribution in [3.63, 3.8) is 0 Å². The summed E-state index contributed by atoms with van der Waals surface area (Å²) in [6.07, 6.45) is 15.2. The summed E-state index contributed by atoms with van der Waals surface area (Å²) in [6, 6.07) is 15.5. The summed E-state index contributed by atoms with van der Waals surface area (Å²) in [7, 11) is 6.61. The lowest BCUT2D eigenvalue weighted by molar-refractivity contribution is -0.119. The second-order valence-corrected chi connectivity index (χ2v) is 15.6. The summed E-state index contributed by atoms with van der Waals surface area (Å²) in [5.41, 5.74) is 3.92. The van der Waals surface area contributed by atoms with Crippen LogP contribution in [0.15, 0.2) is 48.5 Å². The Morgan fingerprint density at radius 3 is 1.08 bits per heavy atom. The summed E-state index contributed by atoms with van der Waals surface area (Å²) in [5.74, 6) is 1.99. The highest BCUT2D eigenvalue weighted by atomic mass is 16.5. The summed E-state index contributed by atoms with van der Waals surface area (Å²) < 4.78 is 18.6. The maximum atomic E-state index is 11.0. The Morgan fingerprint density at radius 1 is 0.484 bits per heavy atom. The largest absolute Gasteiger partial charge is 0.382 e. The molecule has 0 aromatic heterocycles. The maximum Gasteiger partial charge on any atom is 0.221 e. The van der Waals surface area contributed by atoms with Gasteiger partial charge in [-0.25, -0.2) is 0 Å². The lowest BCUT2D eigenvalue weighted by atomic mass is 9.87. The number of nitrogens with one attached hydrogen (secondary N) is 6. The van der Waals surface area contributed by atoms with Gasteiger partial charge in [0.2, 0.25) is 23.6 Å². The molecule has 0 saturated carbocycles. The van der Waals surface area contributed by atoms with Crippen LogP contribution < -0.4 is 31.9 Å². The molecule has 2 saturated heterocycles. The van der Waals surface area contributed by atoms with Crippen molar-refractivity contribution in [2.24, 2.45) is 11.8 Å². The number of hydrogen-bond acceptors (Lipinski definition) is 10. The van der Waals surface area contributed by atoms with Crippen LogP contribution in [0.4, 0.5) is 11.4 Å². The lowest BCUT2D eigenvalue weighted by Crippen LogP contribution is -2.29. The summed E-state index contributed by atoms with van der Waals surface area (Å²) in [6.45, 7) is 15.4. The van der Waals surface area contributed by atoms with Crippen LogP contribution in [0.2, 0.25) is 0 Å². The van der Waals surface area contributed by atoms with Crippen molar-refractivity contribution in [3.05, 3.63) is 59.7 Å². The van der Waals surface area contributed by atoms with E-state index in [1.54, 1.807) is 28.4 Å². The highest BCUT2D eigenvalue weighted by Gasteiger charge is 2.16. The zero-order chi connectivity index (χ0) is 46.1. The van der Waals surface area contributed by atoms with E-state index >= 15 is 0 Å². The number of rotatable bonds is 21. The first-order chi connectivity index (χ1) is 29.9. The summed E-state index contributed by atoms with van der Waals surface area (Å²) >= 11 is 0. The van der Waals surface area contributed by atoms with Gasteiger partial charge in [0, 0.05) is 80.6 Å². The normalized spacial score (nSPS) is 13.5. The molecule has 2 aromatic rings. The molecule has 0 spiro atoms. The monoisotopic (exact) mass is 873 g/mol. The third kappa shape index (κ3) is 37.8. The Labute approximate surface area is 374 Å². The molecule has 0 unspecified atom stereocenters. The molecule has 2 heterocycles. The molecule has 14 heteroatoms. The first-order valence-electron chi connectivity index (χ1n) is 22.5. The number of ether oxygens (including phenoxy) is 4. The van der Waals surface area contributed by atoms with Gasteiger partial charge in [0.15, 0.2) is 0 Å². The lowest BCUT2D eigenvalue weighted by Gasteiger charge is -2.25. The fraction of sp³-hybridized carbons (Fsp3) is 0.667. The third-order valence-electron chi connectivity index (χ3n) is 9.93. The van der Waals surface area contributed by atoms with Crippen LogP contribution in [0.25, 0.3) is 0 Å². The van der Waals surface area contributed by atoms with Crippen LogP contribution in [0.1, 0.15) is 109 Å². The number of unbranched alkanes of at least 4 members (excludes halogenated alkanes) is 3. The van der Waals surface area contributed by atoms with Gasteiger partial charge in [0.1, 0.15) is 0 Å². The van der Waals surface area contributed by atoms with E-state index in [9.17, 15) is 19.2 Å². The Hall–Kier alpha value is -3.92. The second kappa shape index (κ2) is 41.1. The van der Waals surface area contributed by atoms with Crippen molar-refractivity contribution in [1.82, 2.24) is 21.3 Å². The van der Waals surface area contributed by atoms with Crippen molar-refractivity contribution in [2.75, 3.05) is 105 Å². The van der Waals surface area contributed by atoms with Gasteiger partial charge in [-0.1, -0.05) is 56.4 Å². The fourth-order valence-corrected chi connectivity index (χ4v) is 6.56. The SMILES string of the molecule is C(CC1CCNCC1)CC1CCNCC1.CC(=O)NCCCCCCNC(C)=O.CC(=O)Nc1ccc(Cc2ccc(NC(C)=O)cc2)cc1.COCCOC.COCCOC. The third-order valence-corrected chi connectivity index (χ3v) is 9.93. The zero-order valence-electron chi connectivity index (χ0n) is 39.6. The van der Waals surface area contributed by atoms with E-state index in [0.29, 0.717) is 26.4 Å². The van der Waals surface area contributed by atoms with Crippen molar-refractivity contribution in [3.8, 4) is 0 Å². The molecule has 2 aromatic carbocycles. The van der Waals surface area contributed by atoms with Gasteiger partial charge in [-0.3, -0.25) is 19.2 Å². The average Bonchev–Trinajstić information content (AvgIpc) is 3.25. The molecule has 0 atom stereocenters.